The Hall–Kier alpha value is -0.923. The first kappa shape index (κ1) is 37.4. The van der Waals surface area contributed by atoms with Gasteiger partial charge in [0.1, 0.15) is 0 Å². The van der Waals surface area contributed by atoms with E-state index >= 15 is 0 Å². The molecule has 0 radical (unpaired) electrons. The second-order valence-electron chi connectivity index (χ2n) is 4.94. The number of hydrogen-bond acceptors (Lipinski definition) is 12. The van der Waals surface area contributed by atoms with Crippen LogP contribution in [-0.4, -0.2) is 89.6 Å². The van der Waals surface area contributed by atoms with E-state index in [-0.39, 0.29) is 18.9 Å². The van der Waals surface area contributed by atoms with E-state index in [1.807, 2.05) is 6.07 Å². The molecule has 0 atom stereocenters. The summed E-state index contributed by atoms with van der Waals surface area (Å²) in [6.07, 6.45) is 2.20. The van der Waals surface area contributed by atoms with E-state index in [1.165, 1.54) is 21.9 Å². The summed E-state index contributed by atoms with van der Waals surface area (Å²) < 4.78 is 0. The molecule has 17 heteroatoms. The molecule has 0 bridgehead atoms. The molecule has 2 rings (SSSR count). The first-order chi connectivity index (χ1) is 13.8. The average Bonchev–Trinajstić information content (AvgIpc) is 2.58. The summed E-state index contributed by atoms with van der Waals surface area (Å²) in [4.78, 5) is 0. The summed E-state index contributed by atoms with van der Waals surface area (Å²) in [5.41, 5.74) is 2.88. The number of aryl methyl sites for hydroxylation is 2. The summed E-state index contributed by atoms with van der Waals surface area (Å²) in [7, 11) is -8.67. The quantitative estimate of drug-likeness (QED) is 0.155. The van der Waals surface area contributed by atoms with Crippen molar-refractivity contribution in [2.75, 3.05) is 0 Å². The van der Waals surface area contributed by atoms with Gasteiger partial charge < -0.3 is 60.3 Å². The van der Waals surface area contributed by atoms with Crippen LogP contribution in [0.15, 0.2) is 30.3 Å². The molecule has 0 saturated heterocycles. The molecule has 0 heterocycles. The molecule has 12 nitrogen and oxygen atoms in total. The monoisotopic (exact) mass is 438 g/mol. The molecule has 0 aliphatic carbocycles. The zero-order valence-corrected chi connectivity index (χ0v) is 17.5. The third-order valence-electron chi connectivity index (χ3n) is 2.76. The fourth-order valence-corrected chi connectivity index (χ4v) is 2.00. The van der Waals surface area contributed by atoms with Crippen molar-refractivity contribution in [1.82, 2.24) is 0 Å². The Labute approximate surface area is 193 Å². The molecule has 0 spiro atoms. The SMILES string of the molecule is CCc1cc[c-]c2cccc(CC)c12.OB(O)O.OB(O)O.OB(O)O.OB(O)O.[Li+]. The van der Waals surface area contributed by atoms with Gasteiger partial charge in [0.2, 0.25) is 0 Å². The first-order valence-corrected chi connectivity index (χ1v) is 8.37. The second-order valence-corrected chi connectivity index (χ2v) is 4.94. The minimum Gasteiger partial charge on any atom is -0.402 e. The van der Waals surface area contributed by atoms with Crippen LogP contribution >= 0.6 is 0 Å². The molecule has 0 unspecified atom stereocenters. The Bertz CT molecular complexity index is 578. The van der Waals surface area contributed by atoms with Crippen molar-refractivity contribution in [1.29, 1.82) is 0 Å². The van der Waals surface area contributed by atoms with E-state index in [9.17, 15) is 0 Å². The van der Waals surface area contributed by atoms with Crippen LogP contribution in [0.1, 0.15) is 25.0 Å². The van der Waals surface area contributed by atoms with Gasteiger partial charge in [0, 0.05) is 0 Å². The summed E-state index contributed by atoms with van der Waals surface area (Å²) in [6, 6.07) is 14.0. The van der Waals surface area contributed by atoms with Crippen molar-refractivity contribution < 1.29 is 79.1 Å². The Morgan fingerprint density at radius 2 is 0.935 bits per heavy atom. The second kappa shape index (κ2) is 23.7. The van der Waals surface area contributed by atoms with Gasteiger partial charge in [-0.25, -0.2) is 0 Å². The smallest absolute Gasteiger partial charge is 0.402 e. The van der Waals surface area contributed by atoms with E-state index in [0.717, 1.165) is 12.8 Å². The van der Waals surface area contributed by atoms with Crippen LogP contribution in [0.5, 0.6) is 0 Å². The Morgan fingerprint density at radius 1 is 0.613 bits per heavy atom. The molecule has 0 aliphatic rings. The minimum absolute atomic E-state index is 0. The van der Waals surface area contributed by atoms with Gasteiger partial charge in [-0.1, -0.05) is 25.5 Å². The normalized spacial score (nSPS) is 8.32. The van der Waals surface area contributed by atoms with Gasteiger partial charge in [-0.15, -0.1) is 46.7 Å². The van der Waals surface area contributed by atoms with Crippen LogP contribution in [0.2, 0.25) is 0 Å². The molecule has 0 aromatic heterocycles. The largest absolute Gasteiger partial charge is 1.00 e. The van der Waals surface area contributed by atoms with Gasteiger partial charge in [0.05, 0.1) is 0 Å². The summed E-state index contributed by atoms with van der Waals surface area (Å²) in [5, 5.41) is 88.7. The van der Waals surface area contributed by atoms with Crippen molar-refractivity contribution in [3.8, 4) is 0 Å². The summed E-state index contributed by atoms with van der Waals surface area (Å²) in [5.74, 6) is 0. The number of fused-ring (bicyclic) bond motifs is 1. The van der Waals surface area contributed by atoms with Crippen molar-refractivity contribution in [2.24, 2.45) is 0 Å². The number of benzene rings is 2. The van der Waals surface area contributed by atoms with Crippen molar-refractivity contribution in [2.45, 2.75) is 26.7 Å². The van der Waals surface area contributed by atoms with Crippen molar-refractivity contribution in [3.05, 3.63) is 47.5 Å². The summed E-state index contributed by atoms with van der Waals surface area (Å²) >= 11 is 0. The molecule has 168 valence electrons. The maximum Gasteiger partial charge on any atom is 1.00 e. The maximum absolute atomic E-state index is 7.17. The Kier molecular flexibility index (Phi) is 28.6. The fraction of sp³-hybridized carbons (Fsp3) is 0.286. The zero-order chi connectivity index (χ0) is 24.3. The first-order valence-electron chi connectivity index (χ1n) is 8.37. The van der Waals surface area contributed by atoms with Gasteiger partial charge in [-0.05, 0) is 12.8 Å². The number of hydrogen-bond donors (Lipinski definition) is 12. The van der Waals surface area contributed by atoms with Gasteiger partial charge in [0.25, 0.3) is 0 Å². The fourth-order valence-electron chi connectivity index (χ4n) is 2.00. The number of rotatable bonds is 2. The topological polar surface area (TPSA) is 243 Å². The van der Waals surface area contributed by atoms with E-state index in [0.29, 0.717) is 0 Å². The Balaban J connectivity index is -0.000000179. The van der Waals surface area contributed by atoms with Crippen LogP contribution in [0, 0.1) is 6.07 Å². The molecule has 2 aromatic carbocycles. The van der Waals surface area contributed by atoms with Gasteiger partial charge in [-0.2, -0.15) is 0 Å². The molecule has 0 saturated carbocycles. The minimum atomic E-state index is -2.17. The van der Waals surface area contributed by atoms with E-state index in [1.54, 1.807) is 0 Å². The molecule has 0 fully saturated rings. The standard InChI is InChI=1S/C14H15.4BH3O3.Li/c1-3-11-7-5-9-13-10-6-8-12(4-2)14(11)13;4*2-1(3)4;/h5-9H,3-4H2,1-2H3;4*2-4H;/q-1;;;;;+1. The van der Waals surface area contributed by atoms with Gasteiger partial charge >= 0.3 is 48.1 Å². The average molecular weight is 438 g/mol. The van der Waals surface area contributed by atoms with E-state index in [2.05, 4.69) is 44.2 Å². The molecule has 31 heavy (non-hydrogen) atoms. The molecule has 12 N–H and O–H groups in total. The third-order valence-corrected chi connectivity index (χ3v) is 2.76. The molecule has 2 aromatic rings. The Morgan fingerprint density at radius 3 is 1.26 bits per heavy atom. The third kappa shape index (κ3) is 29.1. The summed E-state index contributed by atoms with van der Waals surface area (Å²) in [6.45, 7) is 4.42. The molecular formula is C14H27B4LiO12. The van der Waals surface area contributed by atoms with Crippen LogP contribution in [0.25, 0.3) is 10.8 Å². The van der Waals surface area contributed by atoms with E-state index < -0.39 is 29.3 Å². The van der Waals surface area contributed by atoms with Crippen LogP contribution < -0.4 is 18.9 Å². The van der Waals surface area contributed by atoms with Crippen LogP contribution in [0.3, 0.4) is 0 Å². The predicted molar refractivity (Wildman–Crippen MR) is 111 cm³/mol. The van der Waals surface area contributed by atoms with Crippen molar-refractivity contribution >= 4 is 40.1 Å². The van der Waals surface area contributed by atoms with Crippen LogP contribution in [-0.2, 0) is 12.8 Å². The van der Waals surface area contributed by atoms with Gasteiger partial charge in [-0.3, -0.25) is 0 Å². The van der Waals surface area contributed by atoms with Gasteiger partial charge in [0.15, 0.2) is 0 Å². The van der Waals surface area contributed by atoms with E-state index in [4.69, 9.17) is 60.3 Å². The molecule has 0 aliphatic heterocycles. The van der Waals surface area contributed by atoms with Crippen molar-refractivity contribution in [3.63, 3.8) is 0 Å². The predicted octanol–water partition coefficient (Wildman–Crippen LogP) is -7.44. The maximum atomic E-state index is 7.17. The molecule has 0 amide bonds. The zero-order valence-electron chi connectivity index (χ0n) is 17.5. The van der Waals surface area contributed by atoms with Crippen LogP contribution in [0.4, 0.5) is 0 Å². The molecular weight excluding hydrogens is 410 g/mol.